The van der Waals surface area contributed by atoms with Gasteiger partial charge in [-0.25, -0.2) is 4.99 Å². The maximum Gasteiger partial charge on any atom is 0.0872 e. The van der Waals surface area contributed by atoms with Gasteiger partial charge in [0.25, 0.3) is 0 Å². The van der Waals surface area contributed by atoms with Crippen LogP contribution in [0.2, 0.25) is 0 Å². The third-order valence-electron chi connectivity index (χ3n) is 6.10. The van der Waals surface area contributed by atoms with Crippen molar-refractivity contribution < 1.29 is 0 Å². The van der Waals surface area contributed by atoms with E-state index in [1.807, 2.05) is 12.3 Å². The molecule has 1 aromatic heterocycles. The van der Waals surface area contributed by atoms with Crippen molar-refractivity contribution in [3.63, 3.8) is 0 Å². The number of nitrogens with one attached hydrogen (secondary N) is 2. The summed E-state index contributed by atoms with van der Waals surface area (Å²) in [5.41, 5.74) is 3.55. The zero-order valence-corrected chi connectivity index (χ0v) is 12.9. The average Bonchev–Trinajstić information content (AvgIpc) is 3.15. The fraction of sp³-hybridized carbons (Fsp3) is 0.526. The number of allylic oxidation sites excluding steroid dienone is 2. The van der Waals surface area contributed by atoms with Crippen LogP contribution in [-0.4, -0.2) is 16.2 Å². The van der Waals surface area contributed by atoms with Gasteiger partial charge in [-0.2, -0.15) is 0 Å². The number of nitrogens with zero attached hydrogens (tertiary/aromatic N) is 1. The Kier molecular flexibility index (Phi) is 2.67. The van der Waals surface area contributed by atoms with Crippen LogP contribution in [0.25, 0.3) is 0 Å². The van der Waals surface area contributed by atoms with E-state index in [1.54, 1.807) is 0 Å². The lowest BCUT2D eigenvalue weighted by atomic mass is 9.53. The van der Waals surface area contributed by atoms with E-state index in [2.05, 4.69) is 34.7 Å². The molecule has 0 atom stereocenters. The van der Waals surface area contributed by atoms with E-state index in [1.165, 1.54) is 38.5 Å². The van der Waals surface area contributed by atoms with E-state index in [4.69, 9.17) is 4.99 Å². The summed E-state index contributed by atoms with van der Waals surface area (Å²) in [6.07, 6.45) is 16.9. The second-order valence-corrected chi connectivity index (χ2v) is 7.83. The van der Waals surface area contributed by atoms with Gasteiger partial charge in [0.2, 0.25) is 0 Å². The molecule has 0 saturated heterocycles. The average molecular weight is 293 g/mol. The van der Waals surface area contributed by atoms with Crippen LogP contribution < -0.4 is 5.32 Å². The summed E-state index contributed by atoms with van der Waals surface area (Å²) in [5.74, 6) is 2.94. The third-order valence-corrected chi connectivity index (χ3v) is 6.10. The minimum absolute atomic E-state index is 0.375. The highest BCUT2D eigenvalue weighted by Crippen LogP contribution is 2.55. The van der Waals surface area contributed by atoms with Crippen molar-refractivity contribution in [3.05, 3.63) is 48.1 Å². The number of rotatable bonds is 3. The fourth-order valence-corrected chi connectivity index (χ4v) is 5.61. The maximum absolute atomic E-state index is 4.72. The van der Waals surface area contributed by atoms with Gasteiger partial charge in [0.1, 0.15) is 0 Å². The topological polar surface area (TPSA) is 40.2 Å². The van der Waals surface area contributed by atoms with Crippen LogP contribution in [0.1, 0.15) is 44.2 Å². The number of aromatic nitrogens is 1. The van der Waals surface area contributed by atoms with Crippen LogP contribution in [0.5, 0.6) is 0 Å². The monoisotopic (exact) mass is 293 g/mol. The van der Waals surface area contributed by atoms with Crippen LogP contribution >= 0.6 is 0 Å². The Balaban J connectivity index is 1.34. The van der Waals surface area contributed by atoms with Gasteiger partial charge in [0.05, 0.1) is 17.1 Å². The molecule has 3 nitrogen and oxygen atoms in total. The SMILES string of the molecule is C1=C/C(=C\NC23CC4CC(CC(C4)C2)C3)N=C1c1ccc[nH]1. The zero-order chi connectivity index (χ0) is 14.6. The fourth-order valence-electron chi connectivity index (χ4n) is 5.61. The number of H-pyrrole nitrogens is 1. The lowest BCUT2D eigenvalue weighted by Crippen LogP contribution is -2.56. The predicted molar refractivity (Wildman–Crippen MR) is 88.6 cm³/mol. The number of hydrogen-bond acceptors (Lipinski definition) is 2. The van der Waals surface area contributed by atoms with Gasteiger partial charge >= 0.3 is 0 Å². The van der Waals surface area contributed by atoms with E-state index < -0.39 is 0 Å². The normalized spacial score (nSPS) is 40.5. The lowest BCUT2D eigenvalue weighted by molar-refractivity contribution is -0.0130. The molecule has 4 saturated carbocycles. The first-order chi connectivity index (χ1) is 10.8. The summed E-state index contributed by atoms with van der Waals surface area (Å²) >= 11 is 0. The Morgan fingerprint density at radius 2 is 1.82 bits per heavy atom. The Morgan fingerprint density at radius 1 is 1.09 bits per heavy atom. The summed E-state index contributed by atoms with van der Waals surface area (Å²) in [5, 5.41) is 3.80. The largest absolute Gasteiger partial charge is 0.384 e. The number of aromatic amines is 1. The van der Waals surface area contributed by atoms with Crippen LogP contribution in [0.4, 0.5) is 0 Å². The molecule has 2 N–H and O–H groups in total. The van der Waals surface area contributed by atoms with Crippen molar-refractivity contribution in [3.8, 4) is 0 Å². The van der Waals surface area contributed by atoms with Crippen molar-refractivity contribution in [2.24, 2.45) is 22.7 Å². The van der Waals surface area contributed by atoms with Gasteiger partial charge in [-0.05, 0) is 80.6 Å². The van der Waals surface area contributed by atoms with Gasteiger partial charge in [-0.15, -0.1) is 0 Å². The van der Waals surface area contributed by atoms with Gasteiger partial charge < -0.3 is 10.3 Å². The molecule has 4 bridgehead atoms. The highest BCUT2D eigenvalue weighted by molar-refractivity contribution is 6.09. The molecule has 0 spiro atoms. The standard InChI is InChI=1S/C19H23N3/c1-2-17(20-5-1)18-4-3-16(22-18)12-21-19-9-13-6-14(10-19)8-15(7-13)11-19/h1-5,12-15,20-21H,6-11H2/b16-12+. The first kappa shape index (κ1) is 12.7. The van der Waals surface area contributed by atoms with E-state index in [0.29, 0.717) is 5.54 Å². The molecule has 22 heavy (non-hydrogen) atoms. The van der Waals surface area contributed by atoms with Crippen molar-refractivity contribution in [1.29, 1.82) is 0 Å². The van der Waals surface area contributed by atoms with Gasteiger partial charge in [-0.3, -0.25) is 0 Å². The van der Waals surface area contributed by atoms with E-state index in [9.17, 15) is 0 Å². The molecular formula is C19H23N3. The first-order valence-corrected chi connectivity index (χ1v) is 8.66. The highest BCUT2D eigenvalue weighted by Gasteiger charge is 2.50. The molecule has 4 aliphatic carbocycles. The van der Waals surface area contributed by atoms with Gasteiger partial charge in [0, 0.05) is 17.9 Å². The second kappa shape index (κ2) is 4.61. The van der Waals surface area contributed by atoms with Crippen LogP contribution in [0.3, 0.4) is 0 Å². The summed E-state index contributed by atoms with van der Waals surface area (Å²) < 4.78 is 0. The molecule has 0 aromatic carbocycles. The molecule has 3 heteroatoms. The zero-order valence-electron chi connectivity index (χ0n) is 12.9. The molecule has 1 aliphatic heterocycles. The van der Waals surface area contributed by atoms with Gasteiger partial charge in [-0.1, -0.05) is 0 Å². The van der Waals surface area contributed by atoms with E-state index in [-0.39, 0.29) is 0 Å². The molecule has 2 heterocycles. The molecule has 114 valence electrons. The molecule has 0 amide bonds. The number of aliphatic imine (C=N–C) groups is 1. The quantitative estimate of drug-likeness (QED) is 0.875. The molecular weight excluding hydrogens is 270 g/mol. The molecule has 0 radical (unpaired) electrons. The Bertz CT molecular complexity index is 628. The summed E-state index contributed by atoms with van der Waals surface area (Å²) in [4.78, 5) is 7.94. The minimum atomic E-state index is 0.375. The molecule has 6 rings (SSSR count). The Labute approximate surface area is 131 Å². The Morgan fingerprint density at radius 3 is 2.45 bits per heavy atom. The van der Waals surface area contributed by atoms with Crippen molar-refractivity contribution in [2.75, 3.05) is 0 Å². The molecule has 0 unspecified atom stereocenters. The van der Waals surface area contributed by atoms with Crippen molar-refractivity contribution >= 4 is 5.71 Å². The summed E-state index contributed by atoms with van der Waals surface area (Å²) in [7, 11) is 0. The first-order valence-electron chi connectivity index (χ1n) is 8.66. The number of hydrogen-bond donors (Lipinski definition) is 2. The lowest BCUT2D eigenvalue weighted by Gasteiger charge is -2.56. The summed E-state index contributed by atoms with van der Waals surface area (Å²) in [6.45, 7) is 0. The van der Waals surface area contributed by atoms with Gasteiger partial charge in [0.15, 0.2) is 0 Å². The van der Waals surface area contributed by atoms with E-state index >= 15 is 0 Å². The highest BCUT2D eigenvalue weighted by atomic mass is 15.0. The van der Waals surface area contributed by atoms with Crippen LogP contribution in [0.15, 0.2) is 47.4 Å². The van der Waals surface area contributed by atoms with Crippen molar-refractivity contribution in [1.82, 2.24) is 10.3 Å². The molecule has 4 fully saturated rings. The Hall–Kier alpha value is -1.77. The molecule has 1 aromatic rings. The summed E-state index contributed by atoms with van der Waals surface area (Å²) in [6, 6.07) is 4.08. The van der Waals surface area contributed by atoms with E-state index in [0.717, 1.165) is 34.9 Å². The maximum atomic E-state index is 4.72. The molecule has 5 aliphatic rings. The van der Waals surface area contributed by atoms with Crippen LogP contribution in [-0.2, 0) is 0 Å². The smallest absolute Gasteiger partial charge is 0.0872 e. The van der Waals surface area contributed by atoms with Crippen LogP contribution in [0, 0.1) is 17.8 Å². The predicted octanol–water partition coefficient (Wildman–Crippen LogP) is 3.77. The second-order valence-electron chi connectivity index (χ2n) is 7.83. The third kappa shape index (κ3) is 2.06. The van der Waals surface area contributed by atoms with Crippen molar-refractivity contribution in [2.45, 2.75) is 44.1 Å². The minimum Gasteiger partial charge on any atom is -0.384 e.